The van der Waals surface area contributed by atoms with Crippen molar-refractivity contribution in [1.29, 1.82) is 0 Å². The van der Waals surface area contributed by atoms with Gasteiger partial charge in [0.25, 0.3) is 0 Å². The quantitative estimate of drug-likeness (QED) is 0.0169. The number of hydrogen-bond donors (Lipinski definition) is 3. The zero-order valence-corrected chi connectivity index (χ0v) is 65.9. The first-order valence-electron chi connectivity index (χ1n) is 40.9. The third-order valence-corrected chi connectivity index (χ3v) is 19.8. The van der Waals surface area contributed by atoms with Crippen molar-refractivity contribution in [3.8, 4) is 0 Å². The number of ether oxygens (including phenoxy) is 4. The van der Waals surface area contributed by atoms with Crippen molar-refractivity contribution in [2.75, 3.05) is 39.6 Å². The molecule has 3 N–H and O–H groups in total. The maximum Gasteiger partial charge on any atom is 0.472 e. The number of aliphatic hydroxyl groups is 1. The third kappa shape index (κ3) is 73.3. The van der Waals surface area contributed by atoms with Gasteiger partial charge in [-0.3, -0.25) is 37.3 Å². The van der Waals surface area contributed by atoms with Crippen LogP contribution in [-0.2, 0) is 65.4 Å². The number of allylic oxidation sites excluding steroid dienone is 8. The molecular formula is C81H150O17P2. The Morgan fingerprint density at radius 1 is 0.280 bits per heavy atom. The summed E-state index contributed by atoms with van der Waals surface area (Å²) in [5, 5.41) is 10.6. The summed E-state index contributed by atoms with van der Waals surface area (Å²) in [5.74, 6) is -2.17. The number of hydrogen-bond acceptors (Lipinski definition) is 15. The van der Waals surface area contributed by atoms with E-state index in [1.165, 1.54) is 186 Å². The predicted molar refractivity (Wildman–Crippen MR) is 409 cm³/mol. The lowest BCUT2D eigenvalue weighted by Gasteiger charge is -2.21. The average Bonchev–Trinajstić information content (AvgIpc) is 0.964. The summed E-state index contributed by atoms with van der Waals surface area (Å²) in [6.45, 7) is 4.88. The highest BCUT2D eigenvalue weighted by Gasteiger charge is 2.30. The molecule has 0 bridgehead atoms. The van der Waals surface area contributed by atoms with Crippen LogP contribution in [0.3, 0.4) is 0 Å². The molecule has 0 rings (SSSR count). The molecule has 100 heavy (non-hydrogen) atoms. The fourth-order valence-electron chi connectivity index (χ4n) is 11.6. The molecule has 5 atom stereocenters. The van der Waals surface area contributed by atoms with Crippen LogP contribution in [0, 0.1) is 0 Å². The van der Waals surface area contributed by atoms with Gasteiger partial charge in [-0.15, -0.1) is 0 Å². The lowest BCUT2D eigenvalue weighted by atomic mass is 10.0. The number of rotatable bonds is 78. The minimum Gasteiger partial charge on any atom is -0.462 e. The van der Waals surface area contributed by atoms with E-state index in [1.54, 1.807) is 0 Å². The van der Waals surface area contributed by atoms with Crippen molar-refractivity contribution in [3.63, 3.8) is 0 Å². The van der Waals surface area contributed by atoms with Gasteiger partial charge in [-0.1, -0.05) is 333 Å². The zero-order chi connectivity index (χ0) is 73.2. The average molecular weight is 1460 g/mol. The SMILES string of the molecule is CCCCCC/C=C\C=C/CCCCCCCC(=O)OC[C@H](COP(=O)(O)OC[C@@H](O)COP(=O)(O)OC[C@@H](COC(=O)CCCCCCCCCCCC)OC(=O)CCCCCCC/C=C\C=C/CCCCCC)OC(=O)CCCCCCCCCCCCCCCCCCCCCC. The molecule has 0 aromatic carbocycles. The molecule has 2 unspecified atom stereocenters. The monoisotopic (exact) mass is 1460 g/mol. The summed E-state index contributed by atoms with van der Waals surface area (Å²) in [7, 11) is -9.94. The molecule has 0 saturated carbocycles. The number of phosphoric acid groups is 2. The summed E-state index contributed by atoms with van der Waals surface area (Å²) in [6.07, 6.45) is 72.4. The van der Waals surface area contributed by atoms with Crippen molar-refractivity contribution in [3.05, 3.63) is 48.6 Å². The van der Waals surface area contributed by atoms with Crippen molar-refractivity contribution in [2.24, 2.45) is 0 Å². The summed E-state index contributed by atoms with van der Waals surface area (Å²) in [5.41, 5.74) is 0. The highest BCUT2D eigenvalue weighted by atomic mass is 31.2. The fourth-order valence-corrected chi connectivity index (χ4v) is 13.1. The van der Waals surface area contributed by atoms with Crippen LogP contribution in [0.15, 0.2) is 48.6 Å². The number of esters is 4. The van der Waals surface area contributed by atoms with Crippen LogP contribution in [-0.4, -0.2) is 96.7 Å². The van der Waals surface area contributed by atoms with Gasteiger partial charge in [0.15, 0.2) is 12.2 Å². The molecule has 0 aliphatic heterocycles. The molecule has 0 aromatic rings. The molecule has 0 radical (unpaired) electrons. The Morgan fingerprint density at radius 2 is 0.480 bits per heavy atom. The standard InChI is InChI=1S/C81H150O17P2/c1-5-9-13-17-21-25-29-32-35-36-37-38-39-42-45-48-52-56-60-64-68-81(86)98-77(72-92-79(84)66-62-58-54-50-46-43-40-33-30-26-22-18-14-10-6-2)74-96-100(89,90)94-70-75(82)69-93-99(87,88)95-73-76(71-91-78(83)65-61-57-53-49-28-24-20-16-12-8-4)97-80(85)67-63-59-55-51-47-44-41-34-31-27-23-19-15-11-7-3/h26-27,30-31,33-34,40-41,75-77,82H,5-25,28-29,32,35-39,42-74H2,1-4H3,(H,87,88)(H,89,90)/b30-26-,31-27-,40-33-,41-34-/t75-,76+,77+/m0/s1. The minimum atomic E-state index is -4.97. The Hall–Kier alpha value is -2.98. The van der Waals surface area contributed by atoms with E-state index in [1.807, 2.05) is 0 Å². The first-order chi connectivity index (χ1) is 48.7. The van der Waals surface area contributed by atoms with Gasteiger partial charge in [0.1, 0.15) is 19.3 Å². The Labute approximate surface area is 610 Å². The van der Waals surface area contributed by atoms with Crippen LogP contribution in [0.4, 0.5) is 0 Å². The predicted octanol–water partition coefficient (Wildman–Crippen LogP) is 23.7. The van der Waals surface area contributed by atoms with Crippen LogP contribution in [0.5, 0.6) is 0 Å². The molecule has 19 heteroatoms. The Bertz CT molecular complexity index is 2080. The van der Waals surface area contributed by atoms with Crippen LogP contribution in [0.1, 0.15) is 387 Å². The Kier molecular flexibility index (Phi) is 72.1. The maximum absolute atomic E-state index is 13.1. The number of carbonyl (C=O) groups is 4. The lowest BCUT2D eigenvalue weighted by Crippen LogP contribution is -2.30. The summed E-state index contributed by atoms with van der Waals surface area (Å²) in [4.78, 5) is 72.9. The number of carbonyl (C=O) groups excluding carboxylic acids is 4. The molecule has 0 aliphatic carbocycles. The fraction of sp³-hybridized carbons (Fsp3) is 0.852. The van der Waals surface area contributed by atoms with E-state index in [4.69, 9.17) is 37.0 Å². The topological polar surface area (TPSA) is 237 Å². The Morgan fingerprint density at radius 3 is 0.730 bits per heavy atom. The van der Waals surface area contributed by atoms with Gasteiger partial charge < -0.3 is 33.8 Å². The normalized spacial score (nSPS) is 14.1. The van der Waals surface area contributed by atoms with E-state index in [9.17, 15) is 43.2 Å². The second-order valence-electron chi connectivity index (χ2n) is 27.8. The van der Waals surface area contributed by atoms with Crippen molar-refractivity contribution in [1.82, 2.24) is 0 Å². The van der Waals surface area contributed by atoms with Gasteiger partial charge in [-0.05, 0) is 77.0 Å². The molecule has 0 aromatic heterocycles. The second-order valence-corrected chi connectivity index (χ2v) is 30.7. The number of aliphatic hydroxyl groups excluding tert-OH is 1. The van der Waals surface area contributed by atoms with Gasteiger partial charge >= 0.3 is 39.5 Å². The summed E-state index contributed by atoms with van der Waals surface area (Å²) in [6, 6.07) is 0. The Balaban J connectivity index is 5.29. The molecule has 0 saturated heterocycles. The molecule has 0 spiro atoms. The number of unbranched alkanes of at least 4 members (excludes halogenated alkanes) is 46. The van der Waals surface area contributed by atoms with E-state index < -0.39 is 97.5 Å². The highest BCUT2D eigenvalue weighted by molar-refractivity contribution is 7.47. The van der Waals surface area contributed by atoms with E-state index >= 15 is 0 Å². The minimum absolute atomic E-state index is 0.0833. The molecule has 586 valence electrons. The molecule has 17 nitrogen and oxygen atoms in total. The van der Waals surface area contributed by atoms with Crippen LogP contribution in [0.2, 0.25) is 0 Å². The van der Waals surface area contributed by atoms with Gasteiger partial charge in [0, 0.05) is 25.7 Å². The lowest BCUT2D eigenvalue weighted by molar-refractivity contribution is -0.161. The summed E-state index contributed by atoms with van der Waals surface area (Å²) >= 11 is 0. The molecule has 0 aliphatic rings. The van der Waals surface area contributed by atoms with Gasteiger partial charge in [-0.25, -0.2) is 9.13 Å². The first-order valence-corrected chi connectivity index (χ1v) is 43.9. The smallest absolute Gasteiger partial charge is 0.462 e. The molecule has 0 amide bonds. The van der Waals surface area contributed by atoms with Crippen LogP contribution >= 0.6 is 15.6 Å². The summed E-state index contributed by atoms with van der Waals surface area (Å²) < 4.78 is 68.6. The highest BCUT2D eigenvalue weighted by Crippen LogP contribution is 2.45. The molecule has 0 fully saturated rings. The van der Waals surface area contributed by atoms with Crippen molar-refractivity contribution >= 4 is 39.5 Å². The third-order valence-electron chi connectivity index (χ3n) is 17.9. The van der Waals surface area contributed by atoms with Gasteiger partial charge in [-0.2, -0.15) is 0 Å². The van der Waals surface area contributed by atoms with Crippen LogP contribution in [0.25, 0.3) is 0 Å². The second kappa shape index (κ2) is 74.3. The van der Waals surface area contributed by atoms with Gasteiger partial charge in [0.05, 0.1) is 26.4 Å². The molecular weight excluding hydrogens is 1310 g/mol. The van der Waals surface area contributed by atoms with E-state index in [0.29, 0.717) is 25.7 Å². The van der Waals surface area contributed by atoms with Crippen molar-refractivity contribution < 1.29 is 80.2 Å². The molecule has 0 heterocycles. The van der Waals surface area contributed by atoms with E-state index in [0.717, 1.165) is 122 Å². The zero-order valence-electron chi connectivity index (χ0n) is 64.1. The van der Waals surface area contributed by atoms with Crippen LogP contribution < -0.4 is 0 Å². The largest absolute Gasteiger partial charge is 0.472 e. The van der Waals surface area contributed by atoms with E-state index in [2.05, 4.69) is 76.3 Å². The maximum atomic E-state index is 13.1. The van der Waals surface area contributed by atoms with Gasteiger partial charge in [0.2, 0.25) is 0 Å². The van der Waals surface area contributed by atoms with E-state index in [-0.39, 0.29) is 25.7 Å². The van der Waals surface area contributed by atoms with Crippen molar-refractivity contribution in [2.45, 2.75) is 406 Å². The first kappa shape index (κ1) is 97.0. The number of phosphoric ester groups is 2.